The summed E-state index contributed by atoms with van der Waals surface area (Å²) in [6, 6.07) is 7.04. The molecule has 0 amide bonds. The molecular formula is C17H21N. The number of aryl methyl sites for hydroxylation is 1. The summed E-state index contributed by atoms with van der Waals surface area (Å²) >= 11 is 0. The molecule has 0 radical (unpaired) electrons. The van der Waals surface area contributed by atoms with Crippen LogP contribution in [0, 0.1) is 6.92 Å². The van der Waals surface area contributed by atoms with E-state index in [9.17, 15) is 0 Å². The Balaban J connectivity index is 2.01. The van der Waals surface area contributed by atoms with Gasteiger partial charge in [-0.15, -0.1) is 0 Å². The number of hydrogen-bond acceptors (Lipinski definition) is 0. The van der Waals surface area contributed by atoms with Crippen LogP contribution in [0.5, 0.6) is 0 Å². The molecule has 1 heteroatoms. The summed E-state index contributed by atoms with van der Waals surface area (Å²) in [5.74, 6) is 0.722. The van der Waals surface area contributed by atoms with Crippen LogP contribution in [0.15, 0.2) is 18.2 Å². The van der Waals surface area contributed by atoms with E-state index in [0.29, 0.717) is 5.41 Å². The van der Waals surface area contributed by atoms with Gasteiger partial charge >= 0.3 is 0 Å². The molecule has 0 bridgehead atoms. The van der Waals surface area contributed by atoms with Crippen molar-refractivity contribution in [2.75, 3.05) is 0 Å². The van der Waals surface area contributed by atoms with Crippen molar-refractivity contribution in [3.05, 3.63) is 35.0 Å². The van der Waals surface area contributed by atoms with Gasteiger partial charge in [0.05, 0.1) is 0 Å². The third kappa shape index (κ3) is 1.23. The van der Waals surface area contributed by atoms with Crippen molar-refractivity contribution < 1.29 is 0 Å². The monoisotopic (exact) mass is 239 g/mol. The first-order chi connectivity index (χ1) is 8.70. The smallest absolute Gasteiger partial charge is 0.0494 e. The quantitative estimate of drug-likeness (QED) is 0.680. The number of rotatable bonds is 0. The highest BCUT2D eigenvalue weighted by Gasteiger charge is 2.44. The maximum Gasteiger partial charge on any atom is 0.0494 e. The largest absolute Gasteiger partial charge is 0.358 e. The lowest BCUT2D eigenvalue weighted by molar-refractivity contribution is 0.417. The maximum atomic E-state index is 3.60. The molecule has 1 heterocycles. The summed E-state index contributed by atoms with van der Waals surface area (Å²) in [7, 11) is 0. The highest BCUT2D eigenvalue weighted by Crippen LogP contribution is 2.55. The second kappa shape index (κ2) is 3.40. The van der Waals surface area contributed by atoms with Crippen molar-refractivity contribution in [3.8, 4) is 0 Å². The zero-order valence-corrected chi connectivity index (χ0v) is 11.3. The Morgan fingerprint density at radius 1 is 1.22 bits per heavy atom. The summed E-state index contributed by atoms with van der Waals surface area (Å²) in [6.45, 7) is 4.58. The predicted molar refractivity (Wildman–Crippen MR) is 76.2 cm³/mol. The minimum absolute atomic E-state index is 0.530. The number of hydrogen-bond donors (Lipinski definition) is 1. The van der Waals surface area contributed by atoms with Crippen LogP contribution in [0.25, 0.3) is 10.9 Å². The lowest BCUT2D eigenvalue weighted by Gasteiger charge is -2.24. The zero-order valence-electron chi connectivity index (χ0n) is 11.3. The fourth-order valence-electron chi connectivity index (χ4n) is 4.66. The van der Waals surface area contributed by atoms with Gasteiger partial charge in [0.15, 0.2) is 0 Å². The molecule has 1 atom stereocenters. The van der Waals surface area contributed by atoms with Crippen molar-refractivity contribution >= 4 is 10.9 Å². The molecule has 2 aliphatic carbocycles. The third-order valence-electron chi connectivity index (χ3n) is 5.29. The molecule has 1 unspecified atom stereocenters. The molecule has 1 N–H and O–H groups in total. The number of nitrogens with one attached hydrogen (secondary N) is 1. The summed E-state index contributed by atoms with van der Waals surface area (Å²) in [4.78, 5) is 3.60. The second-order valence-corrected chi connectivity index (χ2v) is 6.54. The number of aromatic amines is 1. The van der Waals surface area contributed by atoms with Crippen LogP contribution in [-0.2, 0) is 5.41 Å². The molecule has 1 saturated carbocycles. The highest BCUT2D eigenvalue weighted by molar-refractivity contribution is 5.86. The molecule has 2 aliphatic rings. The van der Waals surface area contributed by atoms with Crippen molar-refractivity contribution in [3.63, 3.8) is 0 Å². The van der Waals surface area contributed by atoms with Crippen LogP contribution in [0.3, 0.4) is 0 Å². The molecule has 94 valence electrons. The maximum absolute atomic E-state index is 3.60. The SMILES string of the molecule is Cc1cc2ccc3c(c2[nH]1)C(C)CC31CCCC1. The van der Waals surface area contributed by atoms with E-state index in [1.165, 1.54) is 48.7 Å². The molecule has 0 aliphatic heterocycles. The van der Waals surface area contributed by atoms with Gasteiger partial charge in [-0.1, -0.05) is 31.9 Å². The summed E-state index contributed by atoms with van der Waals surface area (Å²) in [6.07, 6.45) is 7.05. The standard InChI is InChI=1S/C17H21N/c1-11-10-17(7-3-4-8-17)14-6-5-13-9-12(2)18-16(13)15(11)14/h5-6,9,11,18H,3-4,7-8,10H2,1-2H3. The Morgan fingerprint density at radius 3 is 2.78 bits per heavy atom. The molecule has 2 aromatic rings. The molecule has 4 rings (SSSR count). The molecule has 1 spiro atoms. The zero-order chi connectivity index (χ0) is 12.3. The minimum Gasteiger partial charge on any atom is -0.358 e. The Hall–Kier alpha value is -1.24. The first-order valence-electron chi connectivity index (χ1n) is 7.32. The van der Waals surface area contributed by atoms with E-state index in [1.54, 1.807) is 11.1 Å². The molecule has 0 saturated heterocycles. The lowest BCUT2D eigenvalue weighted by atomic mass is 9.80. The number of benzene rings is 1. The number of fused-ring (bicyclic) bond motifs is 4. The van der Waals surface area contributed by atoms with E-state index in [2.05, 4.69) is 37.0 Å². The van der Waals surface area contributed by atoms with Crippen LogP contribution >= 0.6 is 0 Å². The fourth-order valence-corrected chi connectivity index (χ4v) is 4.66. The molecule has 18 heavy (non-hydrogen) atoms. The molecular weight excluding hydrogens is 218 g/mol. The van der Waals surface area contributed by atoms with Crippen LogP contribution in [0.2, 0.25) is 0 Å². The van der Waals surface area contributed by atoms with Gasteiger partial charge < -0.3 is 4.98 Å². The van der Waals surface area contributed by atoms with E-state index in [-0.39, 0.29) is 0 Å². The molecule has 1 fully saturated rings. The first kappa shape index (κ1) is 10.7. The topological polar surface area (TPSA) is 15.8 Å². The Kier molecular flexibility index (Phi) is 2.02. The van der Waals surface area contributed by atoms with Crippen molar-refractivity contribution in [1.29, 1.82) is 0 Å². The Morgan fingerprint density at radius 2 is 2.00 bits per heavy atom. The second-order valence-electron chi connectivity index (χ2n) is 6.54. The molecule has 1 nitrogen and oxygen atoms in total. The lowest BCUT2D eigenvalue weighted by Crippen LogP contribution is -2.17. The Bertz CT molecular complexity index is 614. The highest BCUT2D eigenvalue weighted by atomic mass is 14.7. The van der Waals surface area contributed by atoms with Gasteiger partial charge in [-0.2, -0.15) is 0 Å². The summed E-state index contributed by atoms with van der Waals surface area (Å²) < 4.78 is 0. The van der Waals surface area contributed by atoms with Crippen LogP contribution < -0.4 is 0 Å². The van der Waals surface area contributed by atoms with Crippen molar-refractivity contribution in [2.45, 2.75) is 57.3 Å². The van der Waals surface area contributed by atoms with Gasteiger partial charge in [-0.05, 0) is 60.1 Å². The van der Waals surface area contributed by atoms with Gasteiger partial charge in [-0.25, -0.2) is 0 Å². The summed E-state index contributed by atoms with van der Waals surface area (Å²) in [5.41, 5.74) is 6.53. The predicted octanol–water partition coefficient (Wildman–Crippen LogP) is 4.80. The number of aromatic nitrogens is 1. The van der Waals surface area contributed by atoms with Crippen molar-refractivity contribution in [2.24, 2.45) is 0 Å². The molecule has 1 aromatic carbocycles. The van der Waals surface area contributed by atoms with Crippen LogP contribution in [0.1, 0.15) is 61.8 Å². The first-order valence-corrected chi connectivity index (χ1v) is 7.32. The van der Waals surface area contributed by atoms with Gasteiger partial charge in [-0.3, -0.25) is 0 Å². The number of H-pyrrole nitrogens is 1. The Labute approximate surface area is 109 Å². The van der Waals surface area contributed by atoms with Gasteiger partial charge in [0.2, 0.25) is 0 Å². The molecule has 1 aromatic heterocycles. The summed E-state index contributed by atoms with van der Waals surface area (Å²) in [5, 5.41) is 1.40. The van der Waals surface area contributed by atoms with E-state index >= 15 is 0 Å². The fraction of sp³-hybridized carbons (Fsp3) is 0.529. The van der Waals surface area contributed by atoms with E-state index in [4.69, 9.17) is 0 Å². The third-order valence-corrected chi connectivity index (χ3v) is 5.29. The van der Waals surface area contributed by atoms with Crippen molar-refractivity contribution in [1.82, 2.24) is 4.98 Å². The van der Waals surface area contributed by atoms with Crippen LogP contribution in [0.4, 0.5) is 0 Å². The van der Waals surface area contributed by atoms with Gasteiger partial charge in [0, 0.05) is 11.2 Å². The van der Waals surface area contributed by atoms with E-state index in [1.807, 2.05) is 0 Å². The van der Waals surface area contributed by atoms with Crippen LogP contribution in [-0.4, -0.2) is 4.98 Å². The van der Waals surface area contributed by atoms with Gasteiger partial charge in [0.25, 0.3) is 0 Å². The normalized spacial score (nSPS) is 25.1. The minimum atomic E-state index is 0.530. The van der Waals surface area contributed by atoms with E-state index in [0.717, 1.165) is 5.92 Å². The van der Waals surface area contributed by atoms with E-state index < -0.39 is 0 Å². The average molecular weight is 239 g/mol. The van der Waals surface area contributed by atoms with Gasteiger partial charge in [0.1, 0.15) is 0 Å². The average Bonchev–Trinajstić information content (AvgIpc) is 2.98.